The van der Waals surface area contributed by atoms with Crippen LogP contribution in [0.25, 0.3) is 0 Å². The lowest BCUT2D eigenvalue weighted by Crippen LogP contribution is -2.39. The van der Waals surface area contributed by atoms with Gasteiger partial charge >= 0.3 is 0 Å². The number of rotatable bonds is 10. The lowest BCUT2D eigenvalue weighted by atomic mass is 10.1. The van der Waals surface area contributed by atoms with Crippen molar-refractivity contribution in [2.75, 3.05) is 40.4 Å². The van der Waals surface area contributed by atoms with E-state index in [9.17, 15) is 4.79 Å². The van der Waals surface area contributed by atoms with Gasteiger partial charge in [-0.2, -0.15) is 0 Å². The van der Waals surface area contributed by atoms with Crippen LogP contribution in [0.5, 0.6) is 0 Å². The summed E-state index contributed by atoms with van der Waals surface area (Å²) < 4.78 is 5.62. The van der Waals surface area contributed by atoms with E-state index in [0.29, 0.717) is 5.56 Å². The summed E-state index contributed by atoms with van der Waals surface area (Å²) in [7, 11) is 3.41. The zero-order valence-electron chi connectivity index (χ0n) is 15.3. The molecule has 0 unspecified atom stereocenters. The number of carbonyl (C=O) groups is 1. The third-order valence-corrected chi connectivity index (χ3v) is 4.15. The summed E-state index contributed by atoms with van der Waals surface area (Å²) in [4.78, 5) is 15.9. The fraction of sp³-hybridized carbons (Fsp3) is 0.579. The van der Waals surface area contributed by atoms with Crippen molar-refractivity contribution in [2.45, 2.75) is 25.7 Å². The largest absolute Gasteiger partial charge is 0.381 e. The Morgan fingerprint density at radius 1 is 1.28 bits per heavy atom. The Kier molecular flexibility index (Phi) is 8.25. The number of hydrogen-bond donors (Lipinski definition) is 3. The van der Waals surface area contributed by atoms with E-state index in [1.807, 2.05) is 24.3 Å². The lowest BCUT2D eigenvalue weighted by Gasteiger charge is -2.12. The number of aliphatic imine (C=N–C) groups is 1. The number of carbonyl (C=O) groups excluding carboxylic acids is 1. The first-order valence-electron chi connectivity index (χ1n) is 9.06. The van der Waals surface area contributed by atoms with Gasteiger partial charge in [0.2, 0.25) is 0 Å². The van der Waals surface area contributed by atoms with Crippen molar-refractivity contribution in [3.8, 4) is 0 Å². The molecule has 1 amide bonds. The maximum absolute atomic E-state index is 11.7. The van der Waals surface area contributed by atoms with E-state index >= 15 is 0 Å². The van der Waals surface area contributed by atoms with Gasteiger partial charge in [-0.15, -0.1) is 0 Å². The van der Waals surface area contributed by atoms with E-state index in [-0.39, 0.29) is 5.91 Å². The Bertz CT molecular complexity index is 570. The second kappa shape index (κ2) is 10.7. The van der Waals surface area contributed by atoms with Crippen molar-refractivity contribution in [1.29, 1.82) is 0 Å². The molecule has 3 N–H and O–H groups in total. The number of ether oxygens (including phenoxy) is 1. The Balaban J connectivity index is 1.60. The normalized spacial score (nSPS) is 14.2. The molecule has 1 aromatic carbocycles. The molecule has 0 bridgehead atoms. The highest BCUT2D eigenvalue weighted by atomic mass is 16.5. The molecule has 0 saturated heterocycles. The molecule has 0 atom stereocenters. The monoisotopic (exact) mass is 346 g/mol. The van der Waals surface area contributed by atoms with E-state index in [1.165, 1.54) is 12.8 Å². The van der Waals surface area contributed by atoms with Crippen LogP contribution in [0, 0.1) is 5.92 Å². The maximum atomic E-state index is 11.7. The summed E-state index contributed by atoms with van der Waals surface area (Å²) in [6, 6.07) is 7.69. The van der Waals surface area contributed by atoms with Gasteiger partial charge in [0.1, 0.15) is 0 Å². The Morgan fingerprint density at radius 2 is 2.08 bits per heavy atom. The van der Waals surface area contributed by atoms with Crippen molar-refractivity contribution in [1.82, 2.24) is 16.0 Å². The minimum absolute atomic E-state index is 0.0591. The van der Waals surface area contributed by atoms with Gasteiger partial charge in [-0.25, -0.2) is 0 Å². The van der Waals surface area contributed by atoms with E-state index in [2.05, 4.69) is 20.9 Å². The van der Waals surface area contributed by atoms with Gasteiger partial charge in [0.05, 0.1) is 0 Å². The molecule has 0 aromatic heterocycles. The fourth-order valence-electron chi connectivity index (χ4n) is 2.47. The molecule has 1 aliphatic rings. The van der Waals surface area contributed by atoms with Crippen LogP contribution in [0.4, 0.5) is 0 Å². The number of nitrogens with zero attached hydrogens (tertiary/aromatic N) is 1. The molecule has 2 rings (SSSR count). The quantitative estimate of drug-likeness (QED) is 0.342. The molecule has 0 heterocycles. The van der Waals surface area contributed by atoms with Crippen LogP contribution in [0.2, 0.25) is 0 Å². The second-order valence-electron chi connectivity index (χ2n) is 6.33. The summed E-state index contributed by atoms with van der Waals surface area (Å²) in [5.74, 6) is 1.56. The highest BCUT2D eigenvalue weighted by Crippen LogP contribution is 2.28. The first kappa shape index (κ1) is 19.2. The van der Waals surface area contributed by atoms with Crippen LogP contribution in [-0.4, -0.2) is 52.3 Å². The third-order valence-electron chi connectivity index (χ3n) is 4.15. The fourth-order valence-corrected chi connectivity index (χ4v) is 2.47. The maximum Gasteiger partial charge on any atom is 0.251 e. The molecule has 0 spiro atoms. The van der Waals surface area contributed by atoms with Crippen LogP contribution in [0.1, 0.15) is 35.2 Å². The van der Waals surface area contributed by atoms with Crippen molar-refractivity contribution >= 4 is 11.9 Å². The first-order chi connectivity index (χ1) is 12.2. The van der Waals surface area contributed by atoms with Crippen molar-refractivity contribution < 1.29 is 9.53 Å². The molecule has 1 aliphatic carbocycles. The van der Waals surface area contributed by atoms with E-state index in [1.54, 1.807) is 14.1 Å². The minimum Gasteiger partial charge on any atom is -0.381 e. The molecule has 6 heteroatoms. The van der Waals surface area contributed by atoms with Crippen molar-refractivity contribution in [3.05, 3.63) is 35.4 Å². The highest BCUT2D eigenvalue weighted by Gasteiger charge is 2.20. The smallest absolute Gasteiger partial charge is 0.251 e. The van der Waals surface area contributed by atoms with Gasteiger partial charge in [-0.05, 0) is 49.3 Å². The van der Waals surface area contributed by atoms with Crippen molar-refractivity contribution in [2.24, 2.45) is 10.9 Å². The summed E-state index contributed by atoms with van der Waals surface area (Å²) in [5, 5.41) is 9.24. The molecule has 138 valence electrons. The summed E-state index contributed by atoms with van der Waals surface area (Å²) in [6.07, 6.45) is 4.47. The molecule has 1 fully saturated rings. The summed E-state index contributed by atoms with van der Waals surface area (Å²) in [5.41, 5.74) is 1.81. The molecule has 1 saturated carbocycles. The van der Waals surface area contributed by atoms with Crippen LogP contribution in [0.3, 0.4) is 0 Å². The molecular weight excluding hydrogens is 316 g/mol. The third kappa shape index (κ3) is 7.56. The van der Waals surface area contributed by atoms with Crippen LogP contribution in [-0.2, 0) is 11.2 Å². The Labute approximate surface area is 150 Å². The Morgan fingerprint density at radius 3 is 2.80 bits per heavy atom. The zero-order valence-corrected chi connectivity index (χ0v) is 15.3. The molecule has 25 heavy (non-hydrogen) atoms. The minimum atomic E-state index is -0.0591. The standard InChI is InChI=1S/C19H30N4O2/c1-20-18(24)17-6-3-5-15(13-17)9-11-23-19(21-2)22-10-4-12-25-14-16-7-8-16/h3,5-6,13,16H,4,7-12,14H2,1-2H3,(H,20,24)(H2,21,22,23). The molecular formula is C19H30N4O2. The Hall–Kier alpha value is -2.08. The average molecular weight is 346 g/mol. The van der Waals surface area contributed by atoms with Crippen LogP contribution >= 0.6 is 0 Å². The van der Waals surface area contributed by atoms with Crippen LogP contribution < -0.4 is 16.0 Å². The SMILES string of the molecule is CN=C(NCCCOCC1CC1)NCCc1cccc(C(=O)NC)c1. The van der Waals surface area contributed by atoms with Gasteiger partial charge in [0.25, 0.3) is 5.91 Å². The van der Waals surface area contributed by atoms with Crippen LogP contribution in [0.15, 0.2) is 29.3 Å². The van der Waals surface area contributed by atoms with Gasteiger partial charge in [-0.3, -0.25) is 9.79 Å². The van der Waals surface area contributed by atoms with Gasteiger partial charge in [0, 0.05) is 46.0 Å². The molecule has 0 aliphatic heterocycles. The molecule has 0 radical (unpaired) electrons. The van der Waals surface area contributed by atoms with Gasteiger partial charge in [0.15, 0.2) is 5.96 Å². The van der Waals surface area contributed by atoms with Crippen molar-refractivity contribution in [3.63, 3.8) is 0 Å². The molecule has 6 nitrogen and oxygen atoms in total. The number of hydrogen-bond acceptors (Lipinski definition) is 3. The van der Waals surface area contributed by atoms with E-state index in [4.69, 9.17) is 4.74 Å². The predicted octanol–water partition coefficient (Wildman–Crippen LogP) is 1.57. The summed E-state index contributed by atoms with van der Waals surface area (Å²) >= 11 is 0. The lowest BCUT2D eigenvalue weighted by molar-refractivity contribution is 0.0963. The topological polar surface area (TPSA) is 74.8 Å². The predicted molar refractivity (Wildman–Crippen MR) is 101 cm³/mol. The average Bonchev–Trinajstić information content (AvgIpc) is 3.47. The zero-order chi connectivity index (χ0) is 17.9. The number of amides is 1. The second-order valence-corrected chi connectivity index (χ2v) is 6.33. The van der Waals surface area contributed by atoms with E-state index < -0.39 is 0 Å². The number of benzene rings is 1. The summed E-state index contributed by atoms with van der Waals surface area (Å²) in [6.45, 7) is 3.32. The number of nitrogens with one attached hydrogen (secondary N) is 3. The highest BCUT2D eigenvalue weighted by molar-refractivity contribution is 5.94. The van der Waals surface area contributed by atoms with Gasteiger partial charge in [-0.1, -0.05) is 12.1 Å². The molecule has 1 aromatic rings. The van der Waals surface area contributed by atoms with Gasteiger partial charge < -0.3 is 20.7 Å². The first-order valence-corrected chi connectivity index (χ1v) is 9.06. The number of guanidine groups is 1. The van der Waals surface area contributed by atoms with E-state index in [0.717, 1.165) is 56.6 Å².